The van der Waals surface area contributed by atoms with Gasteiger partial charge < -0.3 is 9.47 Å². The van der Waals surface area contributed by atoms with Crippen LogP contribution in [0.4, 0.5) is 0 Å². The molecule has 0 spiro atoms. The molecule has 0 atom stereocenters. The van der Waals surface area contributed by atoms with Crippen LogP contribution in [0.1, 0.15) is 81.1 Å². The summed E-state index contributed by atoms with van der Waals surface area (Å²) < 4.78 is 13.5. The quantitative estimate of drug-likeness (QED) is 0.668. The highest BCUT2D eigenvalue weighted by Gasteiger charge is 2.52. The Morgan fingerprint density at radius 1 is 0.636 bits per heavy atom. The van der Waals surface area contributed by atoms with E-state index in [1.807, 2.05) is 0 Å². The summed E-state index contributed by atoms with van der Waals surface area (Å²) in [6.07, 6.45) is 4.88. The number of rotatable bonds is 4. The maximum atomic E-state index is 6.73. The molecule has 0 saturated carbocycles. The van der Waals surface area contributed by atoms with Crippen LogP contribution in [0.2, 0.25) is 0 Å². The summed E-state index contributed by atoms with van der Waals surface area (Å²) in [7, 11) is 0. The van der Waals surface area contributed by atoms with Gasteiger partial charge in [-0.15, -0.1) is 0 Å². The van der Waals surface area contributed by atoms with Crippen LogP contribution >= 0.6 is 0 Å². The molecule has 0 bridgehead atoms. The van der Waals surface area contributed by atoms with Crippen LogP contribution in [-0.4, -0.2) is 17.5 Å². The lowest BCUT2D eigenvalue weighted by atomic mass is 9.69. The summed E-state index contributed by atoms with van der Waals surface area (Å²) in [5.74, 6) is 2.73. The first kappa shape index (κ1) is 18.3. The van der Waals surface area contributed by atoms with Gasteiger partial charge in [-0.05, 0) is 49.4 Å². The van der Waals surface area contributed by atoms with Crippen molar-refractivity contribution in [3.05, 3.63) is 0 Å². The van der Waals surface area contributed by atoms with Crippen LogP contribution < -0.4 is 0 Å². The van der Waals surface area contributed by atoms with E-state index in [9.17, 15) is 0 Å². The van der Waals surface area contributed by atoms with Gasteiger partial charge >= 0.3 is 0 Å². The number of ether oxygens (including phenoxy) is 2. The lowest BCUT2D eigenvalue weighted by Gasteiger charge is -2.56. The molecule has 2 heteroatoms. The second-order valence-electron chi connectivity index (χ2n) is 8.97. The van der Waals surface area contributed by atoms with E-state index in [0.717, 1.165) is 0 Å². The highest BCUT2D eigenvalue weighted by Crippen LogP contribution is 2.50. The van der Waals surface area contributed by atoms with Gasteiger partial charge in [0.05, 0.1) is 11.2 Å². The van der Waals surface area contributed by atoms with E-state index in [2.05, 4.69) is 55.4 Å². The highest BCUT2D eigenvalue weighted by atomic mass is 16.7. The van der Waals surface area contributed by atoms with Crippen molar-refractivity contribution in [2.45, 2.75) is 98.6 Å². The molecule has 2 rings (SSSR count). The Morgan fingerprint density at radius 3 is 1.23 bits per heavy atom. The van der Waals surface area contributed by atoms with Crippen LogP contribution in [-0.2, 0) is 9.47 Å². The average molecular weight is 311 g/mol. The lowest BCUT2D eigenvalue weighted by Crippen LogP contribution is -2.59. The van der Waals surface area contributed by atoms with Gasteiger partial charge in [0, 0.05) is 5.92 Å². The van der Waals surface area contributed by atoms with Crippen molar-refractivity contribution in [3.8, 4) is 0 Å². The van der Waals surface area contributed by atoms with Crippen molar-refractivity contribution in [2.75, 3.05) is 0 Å². The Bertz CT molecular complexity index is 320. The van der Waals surface area contributed by atoms with Gasteiger partial charge in [-0.1, -0.05) is 55.4 Å². The normalized spacial score (nSPS) is 31.1. The van der Waals surface area contributed by atoms with E-state index < -0.39 is 0 Å². The molecule has 2 saturated heterocycles. The monoisotopic (exact) mass is 310 g/mol. The molecule has 0 amide bonds. The molecule has 130 valence electrons. The van der Waals surface area contributed by atoms with Crippen LogP contribution in [0, 0.1) is 29.6 Å². The Balaban J connectivity index is 2.24. The van der Waals surface area contributed by atoms with Gasteiger partial charge in [0.1, 0.15) is 0 Å². The molecule has 0 aromatic heterocycles. The molecular formula is C20H38O2. The van der Waals surface area contributed by atoms with E-state index in [4.69, 9.17) is 9.47 Å². The molecule has 2 aliphatic heterocycles. The van der Waals surface area contributed by atoms with Crippen LogP contribution in [0.25, 0.3) is 0 Å². The first-order chi connectivity index (χ1) is 10.2. The molecule has 0 unspecified atom stereocenters. The maximum absolute atomic E-state index is 6.73. The predicted octanol–water partition coefficient (Wildman–Crippen LogP) is 5.65. The topological polar surface area (TPSA) is 18.5 Å². The smallest absolute Gasteiger partial charge is 0.161 e. The number of fused-ring (bicyclic) bond motifs is 1. The Kier molecular flexibility index (Phi) is 5.34. The zero-order valence-corrected chi connectivity index (χ0v) is 16.1. The fourth-order valence-electron chi connectivity index (χ4n) is 5.04. The van der Waals surface area contributed by atoms with E-state index >= 15 is 0 Å². The molecule has 2 nitrogen and oxygen atoms in total. The second-order valence-corrected chi connectivity index (χ2v) is 8.97. The predicted molar refractivity (Wildman–Crippen MR) is 92.7 cm³/mol. The van der Waals surface area contributed by atoms with E-state index in [1.54, 1.807) is 0 Å². The van der Waals surface area contributed by atoms with Crippen LogP contribution in [0.5, 0.6) is 0 Å². The van der Waals surface area contributed by atoms with Crippen molar-refractivity contribution >= 4 is 0 Å². The SMILES string of the molecule is CC(C)C1(C(C)C)CCC2CCC(C(C)C)(C(C)C)OC2O1. The van der Waals surface area contributed by atoms with Gasteiger partial charge in [-0.3, -0.25) is 0 Å². The standard InChI is InChI=1S/C20H38O2/c1-13(2)19(14(3)4)11-9-17-10-12-20(15(5)6,16(7)8)22-18(17)21-19/h13-18H,9-12H2,1-8H3. The summed E-state index contributed by atoms with van der Waals surface area (Å²) in [4.78, 5) is 0. The number of hydrogen-bond acceptors (Lipinski definition) is 2. The zero-order chi connectivity index (χ0) is 16.7. The molecule has 2 heterocycles. The summed E-state index contributed by atoms with van der Waals surface area (Å²) in [6.45, 7) is 18.5. The van der Waals surface area contributed by atoms with E-state index in [1.165, 1.54) is 25.7 Å². The molecular weight excluding hydrogens is 272 g/mol. The Morgan fingerprint density at radius 2 is 0.955 bits per heavy atom. The Labute approximate surface area is 138 Å². The van der Waals surface area contributed by atoms with Crippen molar-refractivity contribution in [1.29, 1.82) is 0 Å². The maximum Gasteiger partial charge on any atom is 0.161 e. The van der Waals surface area contributed by atoms with Crippen LogP contribution in [0.3, 0.4) is 0 Å². The summed E-state index contributed by atoms with van der Waals surface area (Å²) >= 11 is 0. The Hall–Kier alpha value is -0.0800. The molecule has 2 aliphatic rings. The first-order valence-corrected chi connectivity index (χ1v) is 9.51. The van der Waals surface area contributed by atoms with Crippen LogP contribution in [0.15, 0.2) is 0 Å². The van der Waals surface area contributed by atoms with Crippen molar-refractivity contribution in [1.82, 2.24) is 0 Å². The fourth-order valence-corrected chi connectivity index (χ4v) is 5.04. The second kappa shape index (κ2) is 6.43. The summed E-state index contributed by atoms with van der Waals surface area (Å²) in [5, 5.41) is 0. The first-order valence-electron chi connectivity index (χ1n) is 9.51. The highest BCUT2D eigenvalue weighted by molar-refractivity contribution is 4.98. The summed E-state index contributed by atoms with van der Waals surface area (Å²) in [6, 6.07) is 0. The van der Waals surface area contributed by atoms with Crippen molar-refractivity contribution in [2.24, 2.45) is 29.6 Å². The van der Waals surface area contributed by atoms with Crippen molar-refractivity contribution < 1.29 is 9.47 Å². The third-order valence-corrected chi connectivity index (χ3v) is 6.78. The molecule has 0 aromatic carbocycles. The van der Waals surface area contributed by atoms with Gasteiger partial charge in [0.15, 0.2) is 6.29 Å². The molecule has 22 heavy (non-hydrogen) atoms. The van der Waals surface area contributed by atoms with Gasteiger partial charge in [-0.25, -0.2) is 0 Å². The largest absolute Gasteiger partial charge is 0.345 e. The van der Waals surface area contributed by atoms with E-state index in [0.29, 0.717) is 29.6 Å². The molecule has 2 fully saturated rings. The minimum absolute atomic E-state index is 0.00269. The molecule has 0 radical (unpaired) electrons. The minimum Gasteiger partial charge on any atom is -0.345 e. The van der Waals surface area contributed by atoms with Gasteiger partial charge in [0.2, 0.25) is 0 Å². The van der Waals surface area contributed by atoms with E-state index in [-0.39, 0.29) is 17.5 Å². The fraction of sp³-hybridized carbons (Fsp3) is 1.00. The minimum atomic E-state index is -0.0157. The zero-order valence-electron chi connectivity index (χ0n) is 16.1. The number of hydrogen-bond donors (Lipinski definition) is 0. The molecule has 0 aliphatic carbocycles. The van der Waals surface area contributed by atoms with Gasteiger partial charge in [0.25, 0.3) is 0 Å². The van der Waals surface area contributed by atoms with Gasteiger partial charge in [-0.2, -0.15) is 0 Å². The summed E-state index contributed by atoms with van der Waals surface area (Å²) in [5.41, 5.74) is -0.0313. The molecule has 0 aromatic rings. The molecule has 0 N–H and O–H groups in total. The third-order valence-electron chi connectivity index (χ3n) is 6.78. The lowest BCUT2D eigenvalue weighted by molar-refractivity contribution is -0.347. The third kappa shape index (κ3) is 2.86. The van der Waals surface area contributed by atoms with Crippen molar-refractivity contribution in [3.63, 3.8) is 0 Å². The average Bonchev–Trinajstić information content (AvgIpc) is 2.44.